The molecule has 19 heavy (non-hydrogen) atoms. The quantitative estimate of drug-likeness (QED) is 0.712. The van der Waals surface area contributed by atoms with Crippen molar-refractivity contribution in [3.8, 4) is 5.75 Å². The normalized spacial score (nSPS) is 13.4. The van der Waals surface area contributed by atoms with Crippen molar-refractivity contribution in [1.82, 2.24) is 0 Å². The largest absolute Gasteiger partial charge is 0.496 e. The van der Waals surface area contributed by atoms with Crippen LogP contribution in [0.2, 0.25) is 0 Å². The van der Waals surface area contributed by atoms with Crippen LogP contribution in [-0.4, -0.2) is 26.5 Å². The van der Waals surface area contributed by atoms with E-state index in [-0.39, 0.29) is 6.61 Å². The maximum atomic E-state index is 12.0. The van der Waals surface area contributed by atoms with Crippen molar-refractivity contribution in [3.05, 3.63) is 27.7 Å². The number of benzene rings is 1. The van der Waals surface area contributed by atoms with Crippen LogP contribution < -0.4 is 4.74 Å². The van der Waals surface area contributed by atoms with E-state index in [9.17, 15) is 13.2 Å². The Morgan fingerprint density at radius 2 is 2.00 bits per heavy atom. The molecule has 1 aromatic rings. The third-order valence-corrected chi connectivity index (χ3v) is 3.59. The molecule has 0 spiro atoms. The molecule has 0 aromatic heterocycles. The summed E-state index contributed by atoms with van der Waals surface area (Å²) in [5.74, 6) is 0.524. The van der Waals surface area contributed by atoms with Gasteiger partial charge in [-0.15, -0.1) is 11.6 Å². The van der Waals surface area contributed by atoms with E-state index in [0.717, 1.165) is 10.0 Å². The molecule has 7 heteroatoms. The molecule has 1 atom stereocenters. The summed E-state index contributed by atoms with van der Waals surface area (Å²) in [5, 5.41) is -0.714. The van der Waals surface area contributed by atoms with Gasteiger partial charge in [0, 0.05) is 10.0 Å². The molecule has 0 saturated heterocycles. The highest BCUT2D eigenvalue weighted by Gasteiger charge is 2.28. The summed E-state index contributed by atoms with van der Waals surface area (Å²) in [6.07, 6.45) is -4.35. The second-order valence-electron chi connectivity index (χ2n) is 3.94. The van der Waals surface area contributed by atoms with E-state index in [0.29, 0.717) is 11.3 Å². The van der Waals surface area contributed by atoms with Gasteiger partial charge in [0.15, 0.2) is 0 Å². The average molecular weight is 362 g/mol. The first-order valence-corrected chi connectivity index (χ1v) is 6.60. The number of aryl methyl sites for hydroxylation is 1. The Hall–Kier alpha value is -0.460. The van der Waals surface area contributed by atoms with Crippen LogP contribution in [0.25, 0.3) is 0 Å². The van der Waals surface area contributed by atoms with Crippen LogP contribution in [-0.2, 0) is 4.74 Å². The SMILES string of the molecule is COc1cc(C)c(Br)cc1C(Cl)COCC(F)(F)F. The summed E-state index contributed by atoms with van der Waals surface area (Å²) in [4.78, 5) is 0. The molecule has 1 unspecified atom stereocenters. The summed E-state index contributed by atoms with van der Waals surface area (Å²) in [6.45, 7) is 0.318. The van der Waals surface area contributed by atoms with Gasteiger partial charge in [0.05, 0.1) is 19.1 Å². The topological polar surface area (TPSA) is 18.5 Å². The van der Waals surface area contributed by atoms with E-state index in [4.69, 9.17) is 16.3 Å². The molecule has 0 heterocycles. The Morgan fingerprint density at radius 3 is 2.53 bits per heavy atom. The minimum atomic E-state index is -4.35. The number of alkyl halides is 4. The molecule has 108 valence electrons. The highest BCUT2D eigenvalue weighted by molar-refractivity contribution is 9.10. The van der Waals surface area contributed by atoms with Crippen LogP contribution in [0, 0.1) is 6.92 Å². The number of hydrogen-bond acceptors (Lipinski definition) is 2. The Labute approximate surface area is 123 Å². The molecule has 0 radical (unpaired) electrons. The van der Waals surface area contributed by atoms with Gasteiger partial charge in [-0.25, -0.2) is 0 Å². The van der Waals surface area contributed by atoms with Gasteiger partial charge in [0.1, 0.15) is 12.4 Å². The summed E-state index contributed by atoms with van der Waals surface area (Å²) in [7, 11) is 1.48. The molecule has 0 aliphatic heterocycles. The fraction of sp³-hybridized carbons (Fsp3) is 0.500. The maximum absolute atomic E-state index is 12.0. The zero-order chi connectivity index (χ0) is 14.6. The standard InChI is InChI=1S/C12H13BrClF3O2/c1-7-3-11(18-2)8(4-9(7)13)10(14)5-19-6-12(15,16)17/h3-4,10H,5-6H2,1-2H3. The van der Waals surface area contributed by atoms with E-state index in [2.05, 4.69) is 20.7 Å². The fourth-order valence-corrected chi connectivity index (χ4v) is 2.08. The molecule has 0 aliphatic rings. The van der Waals surface area contributed by atoms with Crippen LogP contribution in [0.5, 0.6) is 5.75 Å². The van der Waals surface area contributed by atoms with Crippen LogP contribution in [0.1, 0.15) is 16.5 Å². The van der Waals surface area contributed by atoms with Gasteiger partial charge in [0.25, 0.3) is 0 Å². The zero-order valence-corrected chi connectivity index (χ0v) is 12.7. The van der Waals surface area contributed by atoms with E-state index in [1.54, 1.807) is 12.1 Å². The van der Waals surface area contributed by atoms with Crippen LogP contribution in [0.3, 0.4) is 0 Å². The monoisotopic (exact) mass is 360 g/mol. The first-order chi connectivity index (χ1) is 8.74. The molecule has 0 amide bonds. The second-order valence-corrected chi connectivity index (χ2v) is 5.32. The molecular formula is C12H13BrClF3O2. The second kappa shape index (κ2) is 6.81. The minimum absolute atomic E-state index is 0.243. The van der Waals surface area contributed by atoms with Crippen molar-refractivity contribution in [3.63, 3.8) is 0 Å². The van der Waals surface area contributed by atoms with Gasteiger partial charge < -0.3 is 9.47 Å². The number of ether oxygens (including phenoxy) is 2. The first-order valence-electron chi connectivity index (χ1n) is 5.37. The molecule has 0 N–H and O–H groups in total. The van der Waals surface area contributed by atoms with Gasteiger partial charge >= 0.3 is 6.18 Å². The lowest BCUT2D eigenvalue weighted by atomic mass is 10.1. The van der Waals surface area contributed by atoms with Crippen LogP contribution >= 0.6 is 27.5 Å². The Balaban J connectivity index is 2.76. The number of hydrogen-bond donors (Lipinski definition) is 0. The summed E-state index contributed by atoms with van der Waals surface area (Å²) in [5.41, 5.74) is 1.53. The average Bonchev–Trinajstić information content (AvgIpc) is 2.30. The summed E-state index contributed by atoms with van der Waals surface area (Å²) < 4.78 is 46.4. The van der Waals surface area contributed by atoms with Crippen molar-refractivity contribution in [2.45, 2.75) is 18.5 Å². The summed E-state index contributed by atoms with van der Waals surface area (Å²) in [6, 6.07) is 3.49. The molecule has 2 nitrogen and oxygen atoms in total. The number of rotatable bonds is 5. The molecule has 0 fully saturated rings. The van der Waals surface area contributed by atoms with E-state index in [1.807, 2.05) is 6.92 Å². The number of methoxy groups -OCH3 is 1. The van der Waals surface area contributed by atoms with Gasteiger partial charge in [-0.1, -0.05) is 15.9 Å². The van der Waals surface area contributed by atoms with Crippen LogP contribution in [0.4, 0.5) is 13.2 Å². The predicted molar refractivity (Wildman–Crippen MR) is 70.9 cm³/mol. The lowest BCUT2D eigenvalue weighted by Gasteiger charge is -2.16. The molecule has 1 rings (SSSR count). The highest BCUT2D eigenvalue weighted by atomic mass is 79.9. The predicted octanol–water partition coefficient (Wildman–Crippen LogP) is 4.62. The van der Waals surface area contributed by atoms with Crippen molar-refractivity contribution in [2.75, 3.05) is 20.3 Å². The van der Waals surface area contributed by atoms with Crippen molar-refractivity contribution >= 4 is 27.5 Å². The van der Waals surface area contributed by atoms with Crippen molar-refractivity contribution in [1.29, 1.82) is 0 Å². The molecule has 0 saturated carbocycles. The Bertz CT molecular complexity index is 438. The molecule has 0 bridgehead atoms. The zero-order valence-electron chi connectivity index (χ0n) is 10.4. The highest BCUT2D eigenvalue weighted by Crippen LogP contribution is 2.34. The molecular weight excluding hydrogens is 348 g/mol. The molecule has 1 aromatic carbocycles. The smallest absolute Gasteiger partial charge is 0.411 e. The van der Waals surface area contributed by atoms with E-state index < -0.39 is 18.2 Å². The first kappa shape index (κ1) is 16.6. The van der Waals surface area contributed by atoms with Gasteiger partial charge in [-0.2, -0.15) is 13.2 Å². The number of halogens is 5. The van der Waals surface area contributed by atoms with E-state index in [1.165, 1.54) is 7.11 Å². The van der Waals surface area contributed by atoms with E-state index >= 15 is 0 Å². The lowest BCUT2D eigenvalue weighted by molar-refractivity contribution is -0.173. The maximum Gasteiger partial charge on any atom is 0.411 e. The lowest BCUT2D eigenvalue weighted by Crippen LogP contribution is -2.18. The van der Waals surface area contributed by atoms with Gasteiger partial charge in [-0.3, -0.25) is 0 Å². The fourth-order valence-electron chi connectivity index (χ4n) is 1.46. The Morgan fingerprint density at radius 1 is 1.37 bits per heavy atom. The molecule has 0 aliphatic carbocycles. The Kier molecular flexibility index (Phi) is 5.95. The van der Waals surface area contributed by atoms with Crippen molar-refractivity contribution in [2.24, 2.45) is 0 Å². The van der Waals surface area contributed by atoms with Gasteiger partial charge in [0.2, 0.25) is 0 Å². The van der Waals surface area contributed by atoms with Crippen molar-refractivity contribution < 1.29 is 22.6 Å². The third-order valence-electron chi connectivity index (χ3n) is 2.38. The third kappa shape index (κ3) is 5.20. The summed E-state index contributed by atoms with van der Waals surface area (Å²) >= 11 is 9.39. The minimum Gasteiger partial charge on any atom is -0.496 e. The van der Waals surface area contributed by atoms with Gasteiger partial charge in [-0.05, 0) is 24.6 Å². The van der Waals surface area contributed by atoms with Crippen LogP contribution in [0.15, 0.2) is 16.6 Å².